The number of aldehydes is 1. The summed E-state index contributed by atoms with van der Waals surface area (Å²) in [5.41, 5.74) is 7.36. The van der Waals surface area contributed by atoms with Crippen LogP contribution < -0.4 is 10.1 Å². The number of hydrogen-bond acceptors (Lipinski definition) is 7. The number of thioether (sulfide) groups is 1. The highest BCUT2D eigenvalue weighted by Crippen LogP contribution is 2.36. The molecule has 4 rings (SSSR count). The second-order valence-electron chi connectivity index (χ2n) is 9.95. The number of rotatable bonds is 11. The van der Waals surface area contributed by atoms with Crippen LogP contribution in [0.5, 0.6) is 5.75 Å². The Morgan fingerprint density at radius 2 is 1.97 bits per heavy atom. The number of methoxy groups -OCH3 is 1. The fourth-order valence-corrected chi connectivity index (χ4v) is 5.77. The second kappa shape index (κ2) is 12.8. The summed E-state index contributed by atoms with van der Waals surface area (Å²) in [6.07, 6.45) is 3.00. The number of carbonyl (C=O) groups is 1. The quantitative estimate of drug-likeness (QED) is 0.437. The van der Waals surface area contributed by atoms with Gasteiger partial charge in [0.1, 0.15) is 24.1 Å². The fourth-order valence-electron chi connectivity index (χ4n) is 4.73. The number of benzene rings is 2. The average molecular weight is 510 g/mol. The molecule has 0 amide bonds. The predicted molar refractivity (Wildman–Crippen MR) is 148 cm³/mol. The Hall–Kier alpha value is -2.32. The van der Waals surface area contributed by atoms with Crippen molar-refractivity contribution < 1.29 is 14.3 Å². The van der Waals surface area contributed by atoms with E-state index in [9.17, 15) is 4.79 Å². The molecule has 36 heavy (non-hydrogen) atoms. The summed E-state index contributed by atoms with van der Waals surface area (Å²) < 4.78 is 11.6. The molecule has 1 atom stereocenters. The van der Waals surface area contributed by atoms with Crippen LogP contribution in [0.4, 0.5) is 0 Å². The van der Waals surface area contributed by atoms with Gasteiger partial charge in [-0.2, -0.15) is 0 Å². The lowest BCUT2D eigenvalue weighted by Crippen LogP contribution is -2.45. The van der Waals surface area contributed by atoms with Crippen LogP contribution in [-0.2, 0) is 22.7 Å². The van der Waals surface area contributed by atoms with Crippen molar-refractivity contribution in [2.24, 2.45) is 5.92 Å². The number of ether oxygens (including phenoxy) is 2. The minimum atomic E-state index is 0.206. The van der Waals surface area contributed by atoms with Gasteiger partial charge in [-0.1, -0.05) is 41.6 Å². The summed E-state index contributed by atoms with van der Waals surface area (Å²) in [7, 11) is 3.86. The zero-order valence-corrected chi connectivity index (χ0v) is 22.8. The molecule has 1 N–H and O–H groups in total. The van der Waals surface area contributed by atoms with Gasteiger partial charge in [0.15, 0.2) is 0 Å². The van der Waals surface area contributed by atoms with Gasteiger partial charge in [0, 0.05) is 44.8 Å². The summed E-state index contributed by atoms with van der Waals surface area (Å²) in [6, 6.07) is 13.0. The van der Waals surface area contributed by atoms with Gasteiger partial charge in [-0.15, -0.1) is 0 Å². The highest BCUT2D eigenvalue weighted by Gasteiger charge is 2.29. The summed E-state index contributed by atoms with van der Waals surface area (Å²) in [5, 5.41) is 5.90. The standard InChI is InChI=1S/C29H39N3O3S/c1-21-5-8-28(35-19-25-7-6-24(16-22(25)2)17-31(3)13-14-34-4)26(15-21)27-20-36-29(30-27)32-11-9-23(18-33)10-12-32/h5-8,15-16,18,20,23,29-30H,9-14,17,19H2,1-4H3. The van der Waals surface area contributed by atoms with Crippen molar-refractivity contribution in [3.05, 3.63) is 69.6 Å². The number of likely N-dealkylation sites (tertiary alicyclic amines) is 1. The molecule has 2 aliphatic heterocycles. The van der Waals surface area contributed by atoms with Gasteiger partial charge in [0.2, 0.25) is 0 Å². The number of hydrogen-bond donors (Lipinski definition) is 1. The van der Waals surface area contributed by atoms with E-state index in [-0.39, 0.29) is 11.4 Å². The van der Waals surface area contributed by atoms with Crippen molar-refractivity contribution in [3.63, 3.8) is 0 Å². The number of nitrogens with zero attached hydrogens (tertiary/aromatic N) is 2. The first-order valence-corrected chi connectivity index (χ1v) is 13.7. The molecular weight excluding hydrogens is 470 g/mol. The van der Waals surface area contributed by atoms with Gasteiger partial charge >= 0.3 is 0 Å². The summed E-state index contributed by atoms with van der Waals surface area (Å²) in [6.45, 7) is 9.26. The number of likely N-dealkylation sites (N-methyl/N-ethyl adjacent to an activating group) is 1. The van der Waals surface area contributed by atoms with E-state index < -0.39 is 0 Å². The van der Waals surface area contributed by atoms with Gasteiger partial charge in [0.25, 0.3) is 0 Å². The Labute approximate surface area is 220 Å². The van der Waals surface area contributed by atoms with Crippen molar-refractivity contribution >= 4 is 23.7 Å². The fraction of sp³-hybridized carbons (Fsp3) is 0.483. The SMILES string of the molecule is COCCN(C)Cc1ccc(COc2ccc(C)cc2C2=CSC(N3CCC(C=O)CC3)N2)c(C)c1. The molecule has 2 heterocycles. The Kier molecular flexibility index (Phi) is 9.48. The van der Waals surface area contributed by atoms with E-state index in [0.717, 1.165) is 68.9 Å². The molecule has 2 aliphatic rings. The molecule has 0 aliphatic carbocycles. The first-order valence-electron chi connectivity index (χ1n) is 12.8. The summed E-state index contributed by atoms with van der Waals surface area (Å²) in [5.74, 6) is 1.11. The predicted octanol–water partition coefficient (Wildman–Crippen LogP) is 4.79. The Bertz CT molecular complexity index is 1070. The number of nitrogens with one attached hydrogen (secondary N) is 1. The van der Waals surface area contributed by atoms with Gasteiger partial charge in [-0.25, -0.2) is 0 Å². The molecule has 7 heteroatoms. The van der Waals surface area contributed by atoms with Gasteiger partial charge in [0.05, 0.1) is 12.3 Å². The number of piperidine rings is 1. The topological polar surface area (TPSA) is 54.0 Å². The molecule has 1 unspecified atom stereocenters. The van der Waals surface area contributed by atoms with Crippen molar-refractivity contribution in [1.82, 2.24) is 15.1 Å². The largest absolute Gasteiger partial charge is 0.488 e. The van der Waals surface area contributed by atoms with E-state index in [2.05, 4.69) is 77.8 Å². The van der Waals surface area contributed by atoms with E-state index >= 15 is 0 Å². The molecule has 0 spiro atoms. The van der Waals surface area contributed by atoms with E-state index in [0.29, 0.717) is 6.61 Å². The lowest BCUT2D eigenvalue weighted by molar-refractivity contribution is -0.112. The number of carbonyl (C=O) groups excluding carboxylic acids is 1. The maximum absolute atomic E-state index is 11.1. The molecule has 1 saturated heterocycles. The van der Waals surface area contributed by atoms with Crippen LogP contribution in [0.15, 0.2) is 41.8 Å². The molecule has 2 aromatic rings. The van der Waals surface area contributed by atoms with Crippen molar-refractivity contribution in [2.75, 3.05) is 40.4 Å². The van der Waals surface area contributed by atoms with Crippen LogP contribution in [0.2, 0.25) is 0 Å². The molecule has 2 aromatic carbocycles. The van der Waals surface area contributed by atoms with Crippen LogP contribution in [0.25, 0.3) is 5.70 Å². The zero-order chi connectivity index (χ0) is 25.5. The van der Waals surface area contributed by atoms with Crippen molar-refractivity contribution in [1.29, 1.82) is 0 Å². The molecule has 1 fully saturated rings. The first kappa shape index (κ1) is 26.7. The third-order valence-corrected chi connectivity index (χ3v) is 8.08. The van der Waals surface area contributed by atoms with Crippen LogP contribution in [0.3, 0.4) is 0 Å². The Morgan fingerprint density at radius 3 is 2.69 bits per heavy atom. The maximum atomic E-state index is 11.1. The molecule has 0 bridgehead atoms. The molecule has 0 aromatic heterocycles. The minimum absolute atomic E-state index is 0.206. The zero-order valence-electron chi connectivity index (χ0n) is 22.0. The van der Waals surface area contributed by atoms with Crippen molar-refractivity contribution in [2.45, 2.75) is 45.3 Å². The molecule has 6 nitrogen and oxygen atoms in total. The first-order chi connectivity index (χ1) is 17.5. The van der Waals surface area contributed by atoms with Gasteiger partial charge in [-0.3, -0.25) is 9.80 Å². The second-order valence-corrected chi connectivity index (χ2v) is 10.9. The number of aryl methyl sites for hydroxylation is 2. The van der Waals surface area contributed by atoms with E-state index in [1.165, 1.54) is 22.3 Å². The summed E-state index contributed by atoms with van der Waals surface area (Å²) >= 11 is 1.80. The molecule has 0 radical (unpaired) electrons. The highest BCUT2D eigenvalue weighted by molar-refractivity contribution is 8.03. The van der Waals surface area contributed by atoms with E-state index in [4.69, 9.17) is 9.47 Å². The summed E-state index contributed by atoms with van der Waals surface area (Å²) in [4.78, 5) is 15.8. The smallest absolute Gasteiger partial charge is 0.132 e. The average Bonchev–Trinajstić information content (AvgIpc) is 3.38. The molecule has 0 saturated carbocycles. The Morgan fingerprint density at radius 1 is 1.17 bits per heavy atom. The van der Waals surface area contributed by atoms with Crippen molar-refractivity contribution in [3.8, 4) is 5.75 Å². The van der Waals surface area contributed by atoms with E-state index in [1.54, 1.807) is 18.9 Å². The van der Waals surface area contributed by atoms with Gasteiger partial charge in [-0.05, 0) is 68.0 Å². The molecule has 194 valence electrons. The highest BCUT2D eigenvalue weighted by atomic mass is 32.2. The van der Waals surface area contributed by atoms with Crippen LogP contribution in [0.1, 0.15) is 40.7 Å². The normalized spacial score (nSPS) is 18.8. The maximum Gasteiger partial charge on any atom is 0.132 e. The van der Waals surface area contributed by atoms with Crippen LogP contribution in [-0.4, -0.2) is 62.0 Å². The molecular formula is C29H39N3O3S. The third-order valence-electron chi connectivity index (χ3n) is 7.04. The third kappa shape index (κ3) is 6.91. The van der Waals surface area contributed by atoms with E-state index in [1.807, 2.05) is 0 Å². The minimum Gasteiger partial charge on any atom is -0.488 e. The monoisotopic (exact) mass is 509 g/mol. The van der Waals surface area contributed by atoms with Crippen LogP contribution >= 0.6 is 11.8 Å². The lowest BCUT2D eigenvalue weighted by atomic mass is 9.99. The van der Waals surface area contributed by atoms with Gasteiger partial charge < -0.3 is 19.6 Å². The Balaban J connectivity index is 1.38. The lowest BCUT2D eigenvalue weighted by Gasteiger charge is -2.34. The van der Waals surface area contributed by atoms with Crippen LogP contribution in [0, 0.1) is 19.8 Å².